The summed E-state index contributed by atoms with van der Waals surface area (Å²) in [6.07, 6.45) is 4.44. The van der Waals surface area contributed by atoms with Crippen molar-refractivity contribution in [1.82, 2.24) is 19.9 Å². The summed E-state index contributed by atoms with van der Waals surface area (Å²) < 4.78 is 0. The fourth-order valence-electron chi connectivity index (χ4n) is 1.77. The fourth-order valence-corrected chi connectivity index (χ4v) is 1.77. The second-order valence-electron chi connectivity index (χ2n) is 3.82. The number of benzene rings is 1. The van der Waals surface area contributed by atoms with E-state index < -0.39 is 0 Å². The zero-order chi connectivity index (χ0) is 11.5. The van der Waals surface area contributed by atoms with Crippen LogP contribution in [0.3, 0.4) is 0 Å². The molecule has 0 saturated carbocycles. The molecule has 0 unspecified atom stereocenters. The Labute approximate surface area is 98.3 Å². The standard InChI is InChI=1S/C12H13N5/c1-2-4-10-9(3-1)16-12(17-10)15-6-5-11-13-7-8-14-11/h1-4,7-8H,5-6H2,(H,13,14)(H2,15,16,17). The number of fused-ring (bicyclic) bond motifs is 1. The van der Waals surface area contributed by atoms with Crippen LogP contribution in [0.25, 0.3) is 11.0 Å². The van der Waals surface area contributed by atoms with E-state index in [4.69, 9.17) is 0 Å². The van der Waals surface area contributed by atoms with Gasteiger partial charge in [-0.3, -0.25) is 0 Å². The van der Waals surface area contributed by atoms with Gasteiger partial charge in [0.25, 0.3) is 0 Å². The maximum atomic E-state index is 4.43. The number of para-hydroxylation sites is 2. The predicted octanol–water partition coefficient (Wildman–Crippen LogP) is 1.94. The summed E-state index contributed by atoms with van der Waals surface area (Å²) in [5.74, 6) is 1.78. The molecule has 3 N–H and O–H groups in total. The molecule has 0 amide bonds. The van der Waals surface area contributed by atoms with Crippen molar-refractivity contribution in [3.63, 3.8) is 0 Å². The number of nitrogens with zero attached hydrogens (tertiary/aromatic N) is 2. The van der Waals surface area contributed by atoms with E-state index in [0.717, 1.165) is 35.8 Å². The lowest BCUT2D eigenvalue weighted by Gasteiger charge is -1.99. The van der Waals surface area contributed by atoms with Crippen molar-refractivity contribution in [2.45, 2.75) is 6.42 Å². The van der Waals surface area contributed by atoms with E-state index in [2.05, 4.69) is 25.3 Å². The predicted molar refractivity (Wildman–Crippen MR) is 66.9 cm³/mol. The van der Waals surface area contributed by atoms with E-state index in [9.17, 15) is 0 Å². The first-order valence-electron chi connectivity index (χ1n) is 5.59. The molecule has 0 aliphatic carbocycles. The second-order valence-corrected chi connectivity index (χ2v) is 3.82. The Bertz CT molecular complexity index is 563. The summed E-state index contributed by atoms with van der Waals surface area (Å²) in [5.41, 5.74) is 2.03. The minimum atomic E-state index is 0.799. The lowest BCUT2D eigenvalue weighted by atomic mass is 10.3. The van der Waals surface area contributed by atoms with Gasteiger partial charge >= 0.3 is 0 Å². The van der Waals surface area contributed by atoms with Crippen LogP contribution in [-0.4, -0.2) is 26.5 Å². The normalized spacial score (nSPS) is 10.8. The van der Waals surface area contributed by atoms with Gasteiger partial charge in [-0.15, -0.1) is 0 Å². The fraction of sp³-hybridized carbons (Fsp3) is 0.167. The summed E-state index contributed by atoms with van der Waals surface area (Å²) in [4.78, 5) is 14.9. The van der Waals surface area contributed by atoms with E-state index >= 15 is 0 Å². The smallest absolute Gasteiger partial charge is 0.201 e. The van der Waals surface area contributed by atoms with Crippen LogP contribution >= 0.6 is 0 Å². The van der Waals surface area contributed by atoms with Crippen molar-refractivity contribution in [2.75, 3.05) is 11.9 Å². The summed E-state index contributed by atoms with van der Waals surface area (Å²) in [7, 11) is 0. The molecule has 1 aromatic carbocycles. The van der Waals surface area contributed by atoms with Crippen molar-refractivity contribution in [1.29, 1.82) is 0 Å². The van der Waals surface area contributed by atoms with Gasteiger partial charge in [-0.25, -0.2) is 9.97 Å². The number of anilines is 1. The third kappa shape index (κ3) is 2.13. The second kappa shape index (κ2) is 4.29. The van der Waals surface area contributed by atoms with Crippen LogP contribution in [0.2, 0.25) is 0 Å². The Morgan fingerprint density at radius 3 is 3.00 bits per heavy atom. The largest absolute Gasteiger partial charge is 0.355 e. The lowest BCUT2D eigenvalue weighted by molar-refractivity contribution is 0.918. The van der Waals surface area contributed by atoms with Crippen molar-refractivity contribution in [3.8, 4) is 0 Å². The highest BCUT2D eigenvalue weighted by Crippen LogP contribution is 2.12. The SMILES string of the molecule is c1ccc2[nH]c(NCCc3ncc[nH]3)nc2c1. The van der Waals surface area contributed by atoms with E-state index in [1.807, 2.05) is 30.5 Å². The third-order valence-corrected chi connectivity index (χ3v) is 2.60. The molecule has 0 saturated heterocycles. The Balaban J connectivity index is 1.65. The van der Waals surface area contributed by atoms with Crippen molar-refractivity contribution < 1.29 is 0 Å². The number of rotatable bonds is 4. The Morgan fingerprint density at radius 2 is 2.18 bits per heavy atom. The Morgan fingerprint density at radius 1 is 1.24 bits per heavy atom. The molecule has 5 nitrogen and oxygen atoms in total. The highest BCUT2D eigenvalue weighted by molar-refractivity contribution is 5.77. The first kappa shape index (κ1) is 9.89. The molecular weight excluding hydrogens is 214 g/mol. The maximum absolute atomic E-state index is 4.43. The Kier molecular flexibility index (Phi) is 2.50. The van der Waals surface area contributed by atoms with Gasteiger partial charge in [-0.05, 0) is 12.1 Å². The third-order valence-electron chi connectivity index (χ3n) is 2.60. The van der Waals surface area contributed by atoms with Crippen molar-refractivity contribution in [3.05, 3.63) is 42.5 Å². The minimum absolute atomic E-state index is 0.799. The number of nitrogens with one attached hydrogen (secondary N) is 3. The van der Waals surface area contributed by atoms with Crippen LogP contribution in [-0.2, 0) is 6.42 Å². The number of aromatic amines is 2. The molecule has 17 heavy (non-hydrogen) atoms. The average molecular weight is 227 g/mol. The van der Waals surface area contributed by atoms with Gasteiger partial charge in [0.15, 0.2) is 0 Å². The Hall–Kier alpha value is -2.30. The summed E-state index contributed by atoms with van der Waals surface area (Å²) in [6.45, 7) is 0.799. The number of aromatic nitrogens is 4. The number of hydrogen-bond acceptors (Lipinski definition) is 3. The van der Waals surface area contributed by atoms with E-state index in [1.165, 1.54) is 0 Å². The van der Waals surface area contributed by atoms with Gasteiger partial charge in [0.2, 0.25) is 5.95 Å². The van der Waals surface area contributed by atoms with Crippen LogP contribution in [0, 0.1) is 0 Å². The van der Waals surface area contributed by atoms with Gasteiger partial charge in [0.05, 0.1) is 11.0 Å². The molecule has 0 aliphatic heterocycles. The molecule has 2 aromatic heterocycles. The molecule has 86 valence electrons. The first-order valence-corrected chi connectivity index (χ1v) is 5.59. The van der Waals surface area contributed by atoms with Crippen LogP contribution in [0.5, 0.6) is 0 Å². The van der Waals surface area contributed by atoms with Gasteiger partial charge < -0.3 is 15.3 Å². The molecule has 0 bridgehead atoms. The molecule has 3 rings (SSSR count). The zero-order valence-corrected chi connectivity index (χ0v) is 9.27. The summed E-state index contributed by atoms with van der Waals surface area (Å²) >= 11 is 0. The molecule has 0 fully saturated rings. The monoisotopic (exact) mass is 227 g/mol. The molecule has 0 spiro atoms. The van der Waals surface area contributed by atoms with E-state index in [1.54, 1.807) is 6.20 Å². The average Bonchev–Trinajstić information content (AvgIpc) is 2.96. The van der Waals surface area contributed by atoms with E-state index in [0.29, 0.717) is 0 Å². The molecule has 0 radical (unpaired) electrons. The van der Waals surface area contributed by atoms with Crippen molar-refractivity contribution >= 4 is 17.0 Å². The van der Waals surface area contributed by atoms with Crippen LogP contribution in [0.15, 0.2) is 36.7 Å². The van der Waals surface area contributed by atoms with Crippen LogP contribution < -0.4 is 5.32 Å². The highest BCUT2D eigenvalue weighted by Gasteiger charge is 2.01. The maximum Gasteiger partial charge on any atom is 0.201 e. The minimum Gasteiger partial charge on any atom is -0.355 e. The number of hydrogen-bond donors (Lipinski definition) is 3. The topological polar surface area (TPSA) is 69.4 Å². The summed E-state index contributed by atoms with van der Waals surface area (Å²) in [6, 6.07) is 7.98. The highest BCUT2D eigenvalue weighted by atomic mass is 15.1. The first-order chi connectivity index (χ1) is 8.42. The molecule has 3 aromatic rings. The number of H-pyrrole nitrogens is 2. The molecule has 0 aliphatic rings. The van der Waals surface area contributed by atoms with Gasteiger partial charge in [-0.1, -0.05) is 12.1 Å². The van der Waals surface area contributed by atoms with Gasteiger partial charge in [0.1, 0.15) is 5.82 Å². The van der Waals surface area contributed by atoms with Gasteiger partial charge in [-0.2, -0.15) is 0 Å². The zero-order valence-electron chi connectivity index (χ0n) is 9.27. The molecule has 2 heterocycles. The molecule has 5 heteroatoms. The summed E-state index contributed by atoms with van der Waals surface area (Å²) in [5, 5.41) is 3.25. The van der Waals surface area contributed by atoms with E-state index in [-0.39, 0.29) is 0 Å². The number of imidazole rings is 2. The quantitative estimate of drug-likeness (QED) is 0.638. The van der Waals surface area contributed by atoms with Crippen molar-refractivity contribution in [2.24, 2.45) is 0 Å². The molecular formula is C12H13N5. The van der Waals surface area contributed by atoms with Gasteiger partial charge in [0, 0.05) is 25.4 Å². The van der Waals surface area contributed by atoms with Crippen LogP contribution in [0.4, 0.5) is 5.95 Å². The van der Waals surface area contributed by atoms with Crippen LogP contribution in [0.1, 0.15) is 5.82 Å². The lowest BCUT2D eigenvalue weighted by Crippen LogP contribution is -2.06. The molecule has 0 atom stereocenters.